The smallest absolute Gasteiger partial charge is 0.338 e. The van der Waals surface area contributed by atoms with Crippen molar-refractivity contribution in [1.29, 1.82) is 0 Å². The number of nitrogens with zero attached hydrogens (tertiary/aromatic N) is 1. The van der Waals surface area contributed by atoms with Crippen LogP contribution in [0.5, 0.6) is 11.5 Å². The van der Waals surface area contributed by atoms with Crippen LogP contribution in [-0.4, -0.2) is 111 Å². The molecule has 11 heteroatoms. The topological polar surface area (TPSA) is 158 Å². The average molecular weight is 658 g/mol. The van der Waals surface area contributed by atoms with Crippen LogP contribution in [0.15, 0.2) is 18.2 Å². The number of methoxy groups -OCH3 is 2. The van der Waals surface area contributed by atoms with Gasteiger partial charge in [-0.15, -0.1) is 0 Å². The Bertz CT molecular complexity index is 1450. The second-order valence-corrected chi connectivity index (χ2v) is 16.5. The van der Waals surface area contributed by atoms with Crippen molar-refractivity contribution in [3.8, 4) is 11.5 Å². The maximum Gasteiger partial charge on any atom is 0.338 e. The van der Waals surface area contributed by atoms with Crippen molar-refractivity contribution >= 4 is 5.97 Å². The number of rotatable bonds is 4. The van der Waals surface area contributed by atoms with Crippen molar-refractivity contribution in [1.82, 2.24) is 4.90 Å². The first kappa shape index (κ1) is 32.2. The number of benzene rings is 1. The SMILES string of the molecule is COc1ccc(C(=O)O[C@H]2CC[C@@]3(C)[C@@H]4CC[C@H]5[C@]6(O)[C@@H](O)[C@H](O)[C@H]7[C@@H](CN8C[C@@H](C)CC[C@H]8[C@@]7(C)O)[C@@H]6C[C@]53O[C@@]24O)cc1OC. The number of aliphatic hydroxyl groups excluding tert-OH is 2. The van der Waals surface area contributed by atoms with Gasteiger partial charge in [-0.25, -0.2) is 4.79 Å². The first-order valence-electron chi connectivity index (χ1n) is 17.6. The summed E-state index contributed by atoms with van der Waals surface area (Å²) in [5.41, 5.74) is -4.24. The fourth-order valence-electron chi connectivity index (χ4n) is 12.7. The summed E-state index contributed by atoms with van der Waals surface area (Å²) in [5.74, 6) is -3.32. The molecule has 1 aromatic carbocycles. The van der Waals surface area contributed by atoms with Gasteiger partial charge in [0.25, 0.3) is 0 Å². The lowest BCUT2D eigenvalue weighted by Crippen LogP contribution is -2.76. The number of aliphatic hydroxyl groups is 5. The molecule has 1 spiro atoms. The van der Waals surface area contributed by atoms with Gasteiger partial charge in [-0.3, -0.25) is 4.90 Å². The van der Waals surface area contributed by atoms with E-state index in [-0.39, 0.29) is 23.4 Å². The molecule has 11 nitrogen and oxygen atoms in total. The first-order chi connectivity index (χ1) is 22.2. The summed E-state index contributed by atoms with van der Waals surface area (Å²) in [6, 6.07) is 4.65. The number of carbonyl (C=O) groups is 1. The zero-order chi connectivity index (χ0) is 33.5. The lowest BCUT2D eigenvalue weighted by molar-refractivity contribution is -0.290. The van der Waals surface area contributed by atoms with Gasteiger partial charge < -0.3 is 44.5 Å². The van der Waals surface area contributed by atoms with E-state index in [2.05, 4.69) is 18.7 Å². The number of hydrogen-bond donors (Lipinski definition) is 5. The van der Waals surface area contributed by atoms with Crippen molar-refractivity contribution in [3.63, 3.8) is 0 Å². The monoisotopic (exact) mass is 657 g/mol. The molecule has 4 saturated carbocycles. The van der Waals surface area contributed by atoms with E-state index in [1.54, 1.807) is 25.1 Å². The van der Waals surface area contributed by atoms with Gasteiger partial charge in [-0.2, -0.15) is 0 Å². The molecule has 0 radical (unpaired) electrons. The quantitative estimate of drug-likeness (QED) is 0.302. The summed E-state index contributed by atoms with van der Waals surface area (Å²) in [6.45, 7) is 7.60. The number of carbonyl (C=O) groups excluding carboxylic acids is 1. The maximum atomic E-state index is 13.5. The predicted octanol–water partition coefficient (Wildman–Crippen LogP) is 2.10. The number of esters is 1. The molecular formula is C36H51NO10. The highest BCUT2D eigenvalue weighted by Crippen LogP contribution is 2.77. The Hall–Kier alpha value is -1.99. The van der Waals surface area contributed by atoms with Gasteiger partial charge in [0.1, 0.15) is 11.7 Å². The molecule has 3 heterocycles. The average Bonchev–Trinajstić information content (AvgIpc) is 3.28. The Morgan fingerprint density at radius 2 is 1.68 bits per heavy atom. The molecule has 0 amide bonds. The van der Waals surface area contributed by atoms with E-state index in [1.165, 1.54) is 14.2 Å². The molecule has 260 valence electrons. The van der Waals surface area contributed by atoms with Crippen LogP contribution in [0, 0.1) is 40.9 Å². The van der Waals surface area contributed by atoms with E-state index >= 15 is 0 Å². The summed E-state index contributed by atoms with van der Waals surface area (Å²) >= 11 is 0. The zero-order valence-electron chi connectivity index (χ0n) is 28.1. The first-order valence-corrected chi connectivity index (χ1v) is 17.6. The highest BCUT2D eigenvalue weighted by atomic mass is 16.7. The standard InChI is InChI=1S/C36H51NO10/c1-18-6-11-26-33(3,41)28-20(17-37(26)16-18)21-15-34-25(35(21,42)30(39)29(28)38)10-9-24-32(34,2)13-12-27(36(24,43)47-34)46-31(40)19-7-8-22(44-4)23(14-19)45-5/h7-8,14,18,20-21,24-30,38-39,41-43H,6,9-13,15-17H2,1-5H3/t18-,20-,21-,24-,25+,26-,27-,28+,29+,30-,32-,33+,34-,35-,36+/m0/s1. The molecule has 7 aliphatic rings. The van der Waals surface area contributed by atoms with Gasteiger partial charge in [0.2, 0.25) is 5.79 Å². The highest BCUT2D eigenvalue weighted by Gasteiger charge is 2.85. The molecule has 1 aromatic rings. The molecule has 8 rings (SSSR count). The van der Waals surface area contributed by atoms with E-state index in [9.17, 15) is 30.3 Å². The third-order valence-corrected chi connectivity index (χ3v) is 14.7. The largest absolute Gasteiger partial charge is 0.493 e. The molecular weight excluding hydrogens is 606 g/mol. The van der Waals surface area contributed by atoms with Gasteiger partial charge in [0.15, 0.2) is 17.6 Å². The van der Waals surface area contributed by atoms with Crippen LogP contribution >= 0.6 is 0 Å². The van der Waals surface area contributed by atoms with Gasteiger partial charge in [-0.1, -0.05) is 13.8 Å². The van der Waals surface area contributed by atoms with Crippen molar-refractivity contribution in [2.24, 2.45) is 40.9 Å². The van der Waals surface area contributed by atoms with Crippen LogP contribution in [0.4, 0.5) is 0 Å². The van der Waals surface area contributed by atoms with Crippen LogP contribution in [0.2, 0.25) is 0 Å². The third-order valence-electron chi connectivity index (χ3n) is 14.7. The maximum absolute atomic E-state index is 13.5. The van der Waals surface area contributed by atoms with Gasteiger partial charge >= 0.3 is 5.97 Å². The molecule has 3 saturated heterocycles. The van der Waals surface area contributed by atoms with Crippen molar-refractivity contribution in [2.75, 3.05) is 27.3 Å². The Morgan fingerprint density at radius 3 is 2.40 bits per heavy atom. The van der Waals surface area contributed by atoms with Crippen molar-refractivity contribution in [3.05, 3.63) is 23.8 Å². The number of fused-ring (bicyclic) bond motifs is 5. The molecule has 4 aliphatic carbocycles. The number of ether oxygens (including phenoxy) is 4. The molecule has 7 fully saturated rings. The Morgan fingerprint density at radius 1 is 0.957 bits per heavy atom. The van der Waals surface area contributed by atoms with Gasteiger partial charge in [-0.05, 0) is 87.8 Å². The molecule has 15 atom stereocenters. The highest BCUT2D eigenvalue weighted by molar-refractivity contribution is 5.90. The Kier molecular flexibility index (Phi) is 7.05. The van der Waals surface area contributed by atoms with Gasteiger partial charge in [0.05, 0.1) is 37.1 Å². The summed E-state index contributed by atoms with van der Waals surface area (Å²) in [5, 5.41) is 61.1. The minimum absolute atomic E-state index is 0.125. The van der Waals surface area contributed by atoms with E-state index < -0.39 is 70.0 Å². The summed E-state index contributed by atoms with van der Waals surface area (Å²) in [4.78, 5) is 15.8. The number of piperidine rings is 2. The van der Waals surface area contributed by atoms with Crippen LogP contribution in [-0.2, 0) is 9.47 Å². The molecule has 5 N–H and O–H groups in total. The molecule has 4 bridgehead atoms. The van der Waals surface area contributed by atoms with E-state index in [0.29, 0.717) is 56.1 Å². The lowest BCUT2D eigenvalue weighted by atomic mass is 9.49. The van der Waals surface area contributed by atoms with Crippen LogP contribution in [0.1, 0.15) is 76.1 Å². The molecule has 0 unspecified atom stereocenters. The van der Waals surface area contributed by atoms with Crippen molar-refractivity contribution < 1.29 is 49.3 Å². The Balaban J connectivity index is 1.14. The summed E-state index contributed by atoms with van der Waals surface area (Å²) in [6.07, 6.45) is 0.454. The zero-order valence-corrected chi connectivity index (χ0v) is 28.1. The van der Waals surface area contributed by atoms with Crippen LogP contribution < -0.4 is 9.47 Å². The van der Waals surface area contributed by atoms with E-state index in [0.717, 1.165) is 19.4 Å². The predicted molar refractivity (Wildman–Crippen MR) is 168 cm³/mol. The lowest BCUT2D eigenvalue weighted by Gasteiger charge is -2.63. The third kappa shape index (κ3) is 3.91. The summed E-state index contributed by atoms with van der Waals surface area (Å²) in [7, 11) is 3.01. The molecule has 0 aromatic heterocycles. The molecule has 3 aliphatic heterocycles. The van der Waals surface area contributed by atoms with Gasteiger partial charge in [0, 0.05) is 42.3 Å². The molecule has 47 heavy (non-hydrogen) atoms. The second-order valence-electron chi connectivity index (χ2n) is 16.5. The fourth-order valence-corrected chi connectivity index (χ4v) is 12.7. The fraction of sp³-hybridized carbons (Fsp3) is 0.806. The van der Waals surface area contributed by atoms with Crippen LogP contribution in [0.3, 0.4) is 0 Å². The second kappa shape index (κ2) is 10.3. The van der Waals surface area contributed by atoms with E-state index in [4.69, 9.17) is 18.9 Å². The van der Waals surface area contributed by atoms with Crippen molar-refractivity contribution in [2.45, 2.75) is 113 Å². The van der Waals surface area contributed by atoms with Crippen LogP contribution in [0.25, 0.3) is 0 Å². The normalized spacial score (nSPS) is 52.9. The minimum atomic E-state index is -1.79. The number of hydrogen-bond acceptors (Lipinski definition) is 11. The Labute approximate surface area is 276 Å². The summed E-state index contributed by atoms with van der Waals surface area (Å²) < 4.78 is 23.7. The van der Waals surface area contributed by atoms with E-state index in [1.807, 2.05) is 0 Å². The minimum Gasteiger partial charge on any atom is -0.493 e.